The minimum absolute atomic E-state index is 0.000624. The molecule has 1 aromatic rings. The molecule has 0 heterocycles. The van der Waals surface area contributed by atoms with Crippen molar-refractivity contribution in [2.45, 2.75) is 51.3 Å². The number of nitrogens with two attached hydrogens (primary N) is 1. The first-order valence-corrected chi connectivity index (χ1v) is 9.92. The molecular weight excluding hydrogens is 358 g/mol. The molecule has 3 N–H and O–H groups in total. The summed E-state index contributed by atoms with van der Waals surface area (Å²) >= 11 is 0. The third-order valence-corrected chi connectivity index (χ3v) is 4.41. The van der Waals surface area contributed by atoms with Crippen molar-refractivity contribution in [3.63, 3.8) is 0 Å². The van der Waals surface area contributed by atoms with Crippen molar-refractivity contribution >= 4 is 21.9 Å². The molecule has 0 aliphatic heterocycles. The summed E-state index contributed by atoms with van der Waals surface area (Å²) in [4.78, 5) is 21.9. The van der Waals surface area contributed by atoms with Crippen molar-refractivity contribution in [3.05, 3.63) is 29.8 Å². The minimum Gasteiger partial charge on any atom is -0.466 e. The van der Waals surface area contributed by atoms with Gasteiger partial charge in [0.15, 0.2) is 0 Å². The maximum absolute atomic E-state index is 11.1. The normalized spacial score (nSPS) is 10.8. The van der Waals surface area contributed by atoms with Crippen LogP contribution in [0.4, 0.5) is 0 Å². The Bertz CT molecular complexity index is 670. The highest BCUT2D eigenvalue weighted by molar-refractivity contribution is 7.85. The van der Waals surface area contributed by atoms with Crippen LogP contribution in [0.5, 0.6) is 0 Å². The first kappa shape index (κ1) is 24.2. The maximum Gasteiger partial charge on any atom is 0.306 e. The first-order valence-electron chi connectivity index (χ1n) is 8.48. The van der Waals surface area contributed by atoms with E-state index < -0.39 is 10.1 Å². The standard InChI is InChI=1S/C11H21NO3.C7H8O3S/c1-9(2)4-3-7-15-11(14)6-5-10(13)8-12;1-6-4-2-3-5-7(6)11(8,9)10/h9H,3-8,12H2,1-2H3;2-5H,1H3,(H,8,9,10). The molecule has 1 aromatic carbocycles. The van der Waals surface area contributed by atoms with Crippen LogP contribution >= 0.6 is 0 Å². The molecule has 0 aromatic heterocycles. The highest BCUT2D eigenvalue weighted by atomic mass is 32.2. The molecule has 0 saturated heterocycles. The van der Waals surface area contributed by atoms with Crippen LogP contribution in [-0.2, 0) is 24.4 Å². The molecule has 0 saturated carbocycles. The van der Waals surface area contributed by atoms with Gasteiger partial charge in [0.25, 0.3) is 10.1 Å². The van der Waals surface area contributed by atoms with Gasteiger partial charge in [0.05, 0.1) is 24.5 Å². The molecule has 0 aliphatic carbocycles. The van der Waals surface area contributed by atoms with Gasteiger partial charge in [0.1, 0.15) is 5.78 Å². The summed E-state index contributed by atoms with van der Waals surface area (Å²) in [6, 6.07) is 6.27. The molecule has 0 amide bonds. The number of Topliss-reactive ketones (excluding diaryl/α,β-unsaturated/α-hetero) is 1. The Balaban J connectivity index is 0.000000502. The number of carbonyl (C=O) groups is 2. The van der Waals surface area contributed by atoms with Gasteiger partial charge in [0.2, 0.25) is 0 Å². The number of carbonyl (C=O) groups excluding carboxylic acids is 2. The van der Waals surface area contributed by atoms with Gasteiger partial charge in [-0.05, 0) is 37.3 Å². The minimum atomic E-state index is -4.03. The highest BCUT2D eigenvalue weighted by Gasteiger charge is 2.10. The highest BCUT2D eigenvalue weighted by Crippen LogP contribution is 2.12. The van der Waals surface area contributed by atoms with E-state index in [4.69, 9.17) is 15.0 Å². The van der Waals surface area contributed by atoms with Crippen LogP contribution in [0.25, 0.3) is 0 Å². The number of benzene rings is 1. The Morgan fingerprint density at radius 2 is 1.81 bits per heavy atom. The van der Waals surface area contributed by atoms with Crippen molar-refractivity contribution in [2.75, 3.05) is 13.2 Å². The van der Waals surface area contributed by atoms with Crippen LogP contribution in [0.2, 0.25) is 0 Å². The molecule has 8 heteroatoms. The molecule has 0 unspecified atom stereocenters. The third-order valence-electron chi connectivity index (χ3n) is 3.40. The van der Waals surface area contributed by atoms with Crippen LogP contribution in [-0.4, -0.2) is 37.9 Å². The van der Waals surface area contributed by atoms with E-state index in [1.54, 1.807) is 25.1 Å². The Labute approximate surface area is 155 Å². The summed E-state index contributed by atoms with van der Waals surface area (Å²) in [5, 5.41) is 0. The lowest BCUT2D eigenvalue weighted by Gasteiger charge is -2.05. The zero-order valence-corrected chi connectivity index (χ0v) is 16.4. The van der Waals surface area contributed by atoms with Crippen LogP contribution in [0.15, 0.2) is 29.2 Å². The van der Waals surface area contributed by atoms with Gasteiger partial charge in [-0.1, -0.05) is 32.0 Å². The van der Waals surface area contributed by atoms with Gasteiger partial charge in [-0.3, -0.25) is 14.1 Å². The van der Waals surface area contributed by atoms with E-state index in [-0.39, 0.29) is 36.0 Å². The monoisotopic (exact) mass is 387 g/mol. The topological polar surface area (TPSA) is 124 Å². The van der Waals surface area contributed by atoms with E-state index in [9.17, 15) is 18.0 Å². The SMILES string of the molecule is CC(C)CCCOC(=O)CCC(=O)CN.Cc1ccccc1S(=O)(=O)O. The predicted molar refractivity (Wildman–Crippen MR) is 99.3 cm³/mol. The van der Waals surface area contributed by atoms with Crippen LogP contribution in [0, 0.1) is 12.8 Å². The molecule has 1 rings (SSSR count). The van der Waals surface area contributed by atoms with Gasteiger partial charge < -0.3 is 10.5 Å². The summed E-state index contributed by atoms with van der Waals surface area (Å²) in [7, 11) is -4.03. The zero-order chi connectivity index (χ0) is 20.2. The third kappa shape index (κ3) is 11.7. The van der Waals surface area contributed by atoms with E-state index >= 15 is 0 Å². The molecule has 0 bridgehead atoms. The summed E-state index contributed by atoms with van der Waals surface area (Å²) in [5.41, 5.74) is 5.66. The van der Waals surface area contributed by atoms with E-state index in [2.05, 4.69) is 13.8 Å². The van der Waals surface area contributed by atoms with Crippen LogP contribution < -0.4 is 5.73 Å². The lowest BCUT2D eigenvalue weighted by atomic mass is 10.1. The molecular formula is C18H29NO6S. The van der Waals surface area contributed by atoms with E-state index in [0.717, 1.165) is 12.8 Å². The van der Waals surface area contributed by atoms with Crippen molar-refractivity contribution in [1.29, 1.82) is 0 Å². The van der Waals surface area contributed by atoms with Crippen molar-refractivity contribution in [2.24, 2.45) is 11.7 Å². The second-order valence-corrected chi connectivity index (χ2v) is 7.63. The smallest absolute Gasteiger partial charge is 0.306 e. The number of aryl methyl sites for hydroxylation is 1. The average molecular weight is 387 g/mol. The van der Waals surface area contributed by atoms with Crippen LogP contribution in [0.3, 0.4) is 0 Å². The Kier molecular flexibility index (Phi) is 11.7. The van der Waals surface area contributed by atoms with Crippen LogP contribution in [0.1, 0.15) is 45.1 Å². The zero-order valence-electron chi connectivity index (χ0n) is 15.6. The largest absolute Gasteiger partial charge is 0.466 e. The van der Waals surface area contributed by atoms with E-state index in [1.807, 2.05) is 0 Å². The summed E-state index contributed by atoms with van der Waals surface area (Å²) in [6.45, 7) is 6.33. The number of rotatable bonds is 9. The maximum atomic E-state index is 11.1. The van der Waals surface area contributed by atoms with E-state index in [0.29, 0.717) is 18.1 Å². The molecule has 26 heavy (non-hydrogen) atoms. The van der Waals surface area contributed by atoms with E-state index in [1.165, 1.54) is 6.07 Å². The molecule has 7 nitrogen and oxygen atoms in total. The average Bonchev–Trinajstić information content (AvgIpc) is 2.56. The second kappa shape index (κ2) is 12.6. The number of hydrogen-bond acceptors (Lipinski definition) is 6. The Hall–Kier alpha value is -1.77. The van der Waals surface area contributed by atoms with Gasteiger partial charge in [-0.15, -0.1) is 0 Å². The van der Waals surface area contributed by atoms with Crippen molar-refractivity contribution < 1.29 is 27.3 Å². The Morgan fingerprint density at radius 3 is 2.27 bits per heavy atom. The molecule has 0 radical (unpaired) electrons. The van der Waals surface area contributed by atoms with Gasteiger partial charge in [0, 0.05) is 6.42 Å². The fraction of sp³-hybridized carbons (Fsp3) is 0.556. The summed E-state index contributed by atoms with van der Waals surface area (Å²) in [5.74, 6) is 0.220. The number of ketones is 1. The van der Waals surface area contributed by atoms with Gasteiger partial charge in [-0.2, -0.15) is 8.42 Å². The summed E-state index contributed by atoms with van der Waals surface area (Å²) < 4.78 is 34.8. The number of hydrogen-bond donors (Lipinski definition) is 2. The first-order chi connectivity index (χ1) is 12.1. The molecule has 0 atom stereocenters. The lowest BCUT2D eigenvalue weighted by molar-refractivity contribution is -0.144. The van der Waals surface area contributed by atoms with Gasteiger partial charge in [-0.25, -0.2) is 0 Å². The molecule has 148 valence electrons. The number of esters is 1. The van der Waals surface area contributed by atoms with Gasteiger partial charge >= 0.3 is 5.97 Å². The quantitative estimate of drug-likeness (QED) is 0.379. The van der Waals surface area contributed by atoms with Crippen molar-refractivity contribution in [1.82, 2.24) is 0 Å². The fourth-order valence-electron chi connectivity index (χ4n) is 1.94. The molecule has 0 spiro atoms. The molecule has 0 fully saturated rings. The van der Waals surface area contributed by atoms with Crippen molar-refractivity contribution in [3.8, 4) is 0 Å². The Morgan fingerprint density at radius 1 is 1.19 bits per heavy atom. The molecule has 0 aliphatic rings. The lowest BCUT2D eigenvalue weighted by Crippen LogP contribution is -2.15. The summed E-state index contributed by atoms with van der Waals surface area (Å²) in [6.07, 6.45) is 2.28. The fourth-order valence-corrected chi connectivity index (χ4v) is 2.66. The predicted octanol–water partition coefficient (Wildman–Crippen LogP) is 2.52. The second-order valence-electron chi connectivity index (χ2n) is 6.24. The number of ether oxygens (including phenoxy) is 1.